The molecule has 0 fully saturated rings. The Morgan fingerprint density at radius 3 is 2.59 bits per heavy atom. The van der Waals surface area contributed by atoms with Crippen LogP contribution in [0, 0.1) is 6.92 Å². The second-order valence-electron chi connectivity index (χ2n) is 4.24. The fourth-order valence-electron chi connectivity index (χ4n) is 1.42. The molecule has 1 aromatic carbocycles. The first-order valence-electron chi connectivity index (χ1n) is 5.85. The van der Waals surface area contributed by atoms with Gasteiger partial charge in [0, 0.05) is 13.1 Å². The highest BCUT2D eigenvalue weighted by Gasteiger charge is 2.06. The Morgan fingerprint density at radius 2 is 1.94 bits per heavy atom. The molecule has 96 valence electrons. The van der Waals surface area contributed by atoms with Crippen molar-refractivity contribution in [3.63, 3.8) is 0 Å². The van der Waals surface area contributed by atoms with E-state index in [0.29, 0.717) is 13.1 Å². The van der Waals surface area contributed by atoms with Crippen molar-refractivity contribution in [1.29, 1.82) is 0 Å². The van der Waals surface area contributed by atoms with Crippen molar-refractivity contribution in [3.8, 4) is 5.75 Å². The van der Waals surface area contributed by atoms with Crippen LogP contribution in [0.1, 0.15) is 12.5 Å². The van der Waals surface area contributed by atoms with Gasteiger partial charge in [0.05, 0.1) is 6.10 Å². The molecule has 0 spiro atoms. The van der Waals surface area contributed by atoms with E-state index < -0.39 is 12.2 Å². The fraction of sp³-hybridized carbons (Fsp3) is 0.538. The van der Waals surface area contributed by atoms with Crippen LogP contribution < -0.4 is 10.1 Å². The van der Waals surface area contributed by atoms with E-state index in [1.54, 1.807) is 6.92 Å². The third kappa shape index (κ3) is 5.68. The lowest BCUT2D eigenvalue weighted by molar-refractivity contribution is 0.101. The molecule has 0 aliphatic heterocycles. The average molecular weight is 239 g/mol. The zero-order chi connectivity index (χ0) is 12.7. The standard InChI is InChI=1S/C13H21NO3/c1-10-5-3-4-6-13(10)17-9-12(16)8-14-7-11(2)15/h3-6,11-12,14-16H,7-9H2,1-2H3/t11-,12+/m1/s1. The summed E-state index contributed by atoms with van der Waals surface area (Å²) in [4.78, 5) is 0. The molecule has 0 bridgehead atoms. The number of hydrogen-bond donors (Lipinski definition) is 3. The molecule has 0 aliphatic rings. The summed E-state index contributed by atoms with van der Waals surface area (Å²) in [6.45, 7) is 4.80. The van der Waals surface area contributed by atoms with Crippen LogP contribution in [0.15, 0.2) is 24.3 Å². The van der Waals surface area contributed by atoms with E-state index in [1.807, 2.05) is 31.2 Å². The third-order valence-corrected chi connectivity index (χ3v) is 2.34. The van der Waals surface area contributed by atoms with E-state index in [9.17, 15) is 5.11 Å². The topological polar surface area (TPSA) is 61.7 Å². The first kappa shape index (κ1) is 14.0. The molecule has 0 aromatic heterocycles. The predicted octanol–water partition coefficient (Wildman–Crippen LogP) is 0.705. The van der Waals surface area contributed by atoms with Gasteiger partial charge in [0.15, 0.2) is 0 Å². The molecule has 0 saturated carbocycles. The maximum atomic E-state index is 9.65. The quantitative estimate of drug-likeness (QED) is 0.655. The van der Waals surface area contributed by atoms with E-state index in [4.69, 9.17) is 9.84 Å². The number of benzene rings is 1. The smallest absolute Gasteiger partial charge is 0.122 e. The van der Waals surface area contributed by atoms with Crippen LogP contribution in [-0.2, 0) is 0 Å². The summed E-state index contributed by atoms with van der Waals surface area (Å²) >= 11 is 0. The molecular formula is C13H21NO3. The summed E-state index contributed by atoms with van der Waals surface area (Å²) in [6.07, 6.45) is -0.979. The average Bonchev–Trinajstić information content (AvgIpc) is 2.27. The zero-order valence-corrected chi connectivity index (χ0v) is 10.4. The highest BCUT2D eigenvalue weighted by atomic mass is 16.5. The van der Waals surface area contributed by atoms with E-state index in [1.165, 1.54) is 0 Å². The summed E-state index contributed by atoms with van der Waals surface area (Å²) in [6, 6.07) is 7.70. The van der Waals surface area contributed by atoms with Crippen molar-refractivity contribution in [3.05, 3.63) is 29.8 Å². The molecule has 0 radical (unpaired) electrons. The molecule has 4 nitrogen and oxygen atoms in total. The van der Waals surface area contributed by atoms with Crippen LogP contribution in [0.5, 0.6) is 5.75 Å². The van der Waals surface area contributed by atoms with Gasteiger partial charge in [-0.3, -0.25) is 0 Å². The van der Waals surface area contributed by atoms with Crippen molar-refractivity contribution in [2.45, 2.75) is 26.1 Å². The number of hydrogen-bond acceptors (Lipinski definition) is 4. The number of aliphatic hydroxyl groups excluding tert-OH is 2. The van der Waals surface area contributed by atoms with Crippen LogP contribution in [0.25, 0.3) is 0 Å². The Bertz CT molecular complexity index is 328. The molecule has 1 rings (SSSR count). The van der Waals surface area contributed by atoms with Gasteiger partial charge in [0.1, 0.15) is 18.5 Å². The normalized spacial score (nSPS) is 14.4. The molecule has 0 heterocycles. The number of para-hydroxylation sites is 1. The van der Waals surface area contributed by atoms with Crippen molar-refractivity contribution in [1.82, 2.24) is 5.32 Å². The largest absolute Gasteiger partial charge is 0.491 e. The Balaban J connectivity index is 2.24. The number of aryl methyl sites for hydroxylation is 1. The number of nitrogens with one attached hydrogen (secondary N) is 1. The molecule has 0 saturated heterocycles. The van der Waals surface area contributed by atoms with Crippen molar-refractivity contribution < 1.29 is 14.9 Å². The highest BCUT2D eigenvalue weighted by molar-refractivity contribution is 5.31. The van der Waals surface area contributed by atoms with Gasteiger partial charge in [-0.05, 0) is 25.5 Å². The maximum Gasteiger partial charge on any atom is 0.122 e. The molecule has 0 amide bonds. The van der Waals surface area contributed by atoms with E-state index in [0.717, 1.165) is 11.3 Å². The Kier molecular flexibility index (Phi) is 5.97. The minimum Gasteiger partial charge on any atom is -0.491 e. The van der Waals surface area contributed by atoms with Gasteiger partial charge < -0.3 is 20.3 Å². The Labute approximate surface area is 102 Å². The lowest BCUT2D eigenvalue weighted by Gasteiger charge is -2.15. The summed E-state index contributed by atoms with van der Waals surface area (Å²) in [5, 5.41) is 21.6. The van der Waals surface area contributed by atoms with Crippen molar-refractivity contribution >= 4 is 0 Å². The molecular weight excluding hydrogens is 218 g/mol. The first-order valence-corrected chi connectivity index (χ1v) is 5.85. The van der Waals surface area contributed by atoms with Crippen LogP contribution in [0.2, 0.25) is 0 Å². The highest BCUT2D eigenvalue weighted by Crippen LogP contribution is 2.16. The van der Waals surface area contributed by atoms with Gasteiger partial charge in [-0.25, -0.2) is 0 Å². The summed E-state index contributed by atoms with van der Waals surface area (Å²) < 4.78 is 5.50. The fourth-order valence-corrected chi connectivity index (χ4v) is 1.42. The van der Waals surface area contributed by atoms with Gasteiger partial charge in [-0.2, -0.15) is 0 Å². The third-order valence-electron chi connectivity index (χ3n) is 2.34. The lowest BCUT2D eigenvalue weighted by atomic mass is 10.2. The minimum atomic E-state index is -0.576. The zero-order valence-electron chi connectivity index (χ0n) is 10.4. The molecule has 1 aromatic rings. The second kappa shape index (κ2) is 7.27. The van der Waals surface area contributed by atoms with Gasteiger partial charge >= 0.3 is 0 Å². The molecule has 0 aliphatic carbocycles. The van der Waals surface area contributed by atoms with E-state index in [-0.39, 0.29) is 6.61 Å². The van der Waals surface area contributed by atoms with Gasteiger partial charge in [0.2, 0.25) is 0 Å². The molecule has 2 atom stereocenters. The monoisotopic (exact) mass is 239 g/mol. The molecule has 0 unspecified atom stereocenters. The Hall–Kier alpha value is -1.10. The number of aliphatic hydroxyl groups is 2. The molecule has 3 N–H and O–H groups in total. The van der Waals surface area contributed by atoms with Crippen LogP contribution in [0.3, 0.4) is 0 Å². The SMILES string of the molecule is Cc1ccccc1OC[C@@H](O)CNC[C@@H](C)O. The predicted molar refractivity (Wildman–Crippen MR) is 67.2 cm³/mol. The van der Waals surface area contributed by atoms with Crippen LogP contribution >= 0.6 is 0 Å². The van der Waals surface area contributed by atoms with Crippen molar-refractivity contribution in [2.75, 3.05) is 19.7 Å². The number of rotatable bonds is 7. The minimum absolute atomic E-state index is 0.248. The summed E-state index contributed by atoms with van der Waals surface area (Å²) in [5.41, 5.74) is 1.05. The number of ether oxygens (including phenoxy) is 1. The maximum absolute atomic E-state index is 9.65. The van der Waals surface area contributed by atoms with Crippen molar-refractivity contribution in [2.24, 2.45) is 0 Å². The van der Waals surface area contributed by atoms with E-state index in [2.05, 4.69) is 5.32 Å². The first-order chi connectivity index (χ1) is 8.09. The lowest BCUT2D eigenvalue weighted by Crippen LogP contribution is -2.35. The Morgan fingerprint density at radius 1 is 1.24 bits per heavy atom. The van der Waals surface area contributed by atoms with Gasteiger partial charge in [-0.1, -0.05) is 18.2 Å². The van der Waals surface area contributed by atoms with E-state index >= 15 is 0 Å². The van der Waals surface area contributed by atoms with Gasteiger partial charge in [0.25, 0.3) is 0 Å². The summed E-state index contributed by atoms with van der Waals surface area (Å²) in [5.74, 6) is 0.794. The van der Waals surface area contributed by atoms with Gasteiger partial charge in [-0.15, -0.1) is 0 Å². The molecule has 17 heavy (non-hydrogen) atoms. The molecule has 4 heteroatoms. The van der Waals surface area contributed by atoms with Crippen LogP contribution in [-0.4, -0.2) is 42.1 Å². The summed E-state index contributed by atoms with van der Waals surface area (Å²) in [7, 11) is 0. The second-order valence-corrected chi connectivity index (χ2v) is 4.24. The van der Waals surface area contributed by atoms with Crippen LogP contribution in [0.4, 0.5) is 0 Å².